The highest BCUT2D eigenvalue weighted by Gasteiger charge is 2.12. The smallest absolute Gasteiger partial charge is 0.0255 e. The zero-order valence-corrected chi connectivity index (χ0v) is 14.1. The van der Waals surface area contributed by atoms with Crippen molar-refractivity contribution in [3.8, 4) is 35.5 Å². The van der Waals surface area contributed by atoms with Crippen molar-refractivity contribution in [3.63, 3.8) is 0 Å². The molecule has 0 unspecified atom stereocenters. The van der Waals surface area contributed by atoms with Crippen molar-refractivity contribution >= 4 is 0 Å². The molecule has 0 aliphatic rings. The minimum absolute atomic E-state index is 0.164. The van der Waals surface area contributed by atoms with Gasteiger partial charge in [0.15, 0.2) is 0 Å². The van der Waals surface area contributed by atoms with Crippen molar-refractivity contribution < 1.29 is 0 Å². The van der Waals surface area contributed by atoms with Gasteiger partial charge in [-0.15, -0.1) is 0 Å². The van der Waals surface area contributed by atoms with Gasteiger partial charge in [-0.3, -0.25) is 0 Å². The first-order valence-corrected chi connectivity index (χ1v) is 7.64. The number of benzene rings is 2. The Morgan fingerprint density at radius 1 is 0.609 bits per heavy atom. The predicted molar refractivity (Wildman–Crippen MR) is 97.9 cm³/mol. The second-order valence-electron chi connectivity index (χ2n) is 6.44. The Kier molecular flexibility index (Phi) is 5.31. The lowest BCUT2D eigenvalue weighted by atomic mass is 9.87. The molecule has 0 spiro atoms. The van der Waals surface area contributed by atoms with Gasteiger partial charge in [0.2, 0.25) is 0 Å². The van der Waals surface area contributed by atoms with Gasteiger partial charge in [-0.25, -0.2) is 0 Å². The largest absolute Gasteiger partial charge is 0.0581 e. The third-order valence-corrected chi connectivity index (χ3v) is 3.40. The van der Waals surface area contributed by atoms with E-state index in [0.717, 1.165) is 11.1 Å². The average Bonchev–Trinajstić information content (AvgIpc) is 2.52. The van der Waals surface area contributed by atoms with Crippen LogP contribution in [-0.4, -0.2) is 0 Å². The number of rotatable bonds is 0. The number of hydrogen-bond donors (Lipinski definition) is 0. The Morgan fingerprint density at radius 2 is 1.04 bits per heavy atom. The Balaban J connectivity index is 2.00. The molecule has 2 rings (SSSR count). The molecule has 0 fully saturated rings. The molecule has 0 atom stereocenters. The lowest BCUT2D eigenvalue weighted by Crippen LogP contribution is -2.10. The molecule has 0 N–H and O–H groups in total. The maximum atomic E-state index is 3.04. The molecule has 0 heterocycles. The SMILES string of the molecule is Cc1ccc(C#CC#CC#Cc2ccc(C(C)(C)C)cc2)cc1. The van der Waals surface area contributed by atoms with Crippen LogP contribution in [0, 0.1) is 42.4 Å². The van der Waals surface area contributed by atoms with Crippen LogP contribution in [0.25, 0.3) is 0 Å². The topological polar surface area (TPSA) is 0 Å². The van der Waals surface area contributed by atoms with Crippen LogP contribution in [0.4, 0.5) is 0 Å². The molecule has 0 amide bonds. The molecule has 0 radical (unpaired) electrons. The van der Waals surface area contributed by atoms with Gasteiger partial charge in [0.1, 0.15) is 0 Å². The van der Waals surface area contributed by atoms with E-state index >= 15 is 0 Å². The summed E-state index contributed by atoms with van der Waals surface area (Å²) < 4.78 is 0. The zero-order chi connectivity index (χ0) is 16.7. The summed E-state index contributed by atoms with van der Waals surface area (Å²) in [6.45, 7) is 8.66. The van der Waals surface area contributed by atoms with Crippen LogP contribution in [0.2, 0.25) is 0 Å². The third-order valence-electron chi connectivity index (χ3n) is 3.40. The van der Waals surface area contributed by atoms with Crippen LogP contribution in [0.15, 0.2) is 48.5 Å². The van der Waals surface area contributed by atoms with E-state index in [4.69, 9.17) is 0 Å². The summed E-state index contributed by atoms with van der Waals surface area (Å²) >= 11 is 0. The average molecular weight is 296 g/mol. The second-order valence-corrected chi connectivity index (χ2v) is 6.44. The standard InChI is InChI=1S/C23H20/c1-19-11-13-20(14-12-19)9-7-5-6-8-10-21-15-17-22(18-16-21)23(2,3)4/h11-18H,1-4H3. The summed E-state index contributed by atoms with van der Waals surface area (Å²) in [7, 11) is 0. The van der Waals surface area contributed by atoms with Crippen molar-refractivity contribution in [2.45, 2.75) is 33.1 Å². The maximum absolute atomic E-state index is 3.04. The van der Waals surface area contributed by atoms with Crippen LogP contribution < -0.4 is 0 Å². The quantitative estimate of drug-likeness (QED) is 0.618. The fourth-order valence-electron chi connectivity index (χ4n) is 1.96. The van der Waals surface area contributed by atoms with E-state index in [1.165, 1.54) is 11.1 Å². The highest BCUT2D eigenvalue weighted by molar-refractivity contribution is 5.46. The summed E-state index contributed by atoms with van der Waals surface area (Å²) in [4.78, 5) is 0. The maximum Gasteiger partial charge on any atom is 0.0255 e. The summed E-state index contributed by atoms with van der Waals surface area (Å²) in [6.07, 6.45) is 0. The van der Waals surface area contributed by atoms with Gasteiger partial charge >= 0.3 is 0 Å². The predicted octanol–water partition coefficient (Wildman–Crippen LogP) is 4.70. The molecule has 2 aromatic carbocycles. The van der Waals surface area contributed by atoms with Gasteiger partial charge in [0, 0.05) is 11.1 Å². The molecular formula is C23H20. The van der Waals surface area contributed by atoms with E-state index in [1.54, 1.807) is 0 Å². The normalized spacial score (nSPS) is 9.57. The molecule has 0 bridgehead atoms. The van der Waals surface area contributed by atoms with Gasteiger partial charge in [0.25, 0.3) is 0 Å². The van der Waals surface area contributed by atoms with E-state index in [-0.39, 0.29) is 5.41 Å². The molecule has 0 saturated carbocycles. The van der Waals surface area contributed by atoms with E-state index < -0.39 is 0 Å². The molecule has 23 heavy (non-hydrogen) atoms. The lowest BCUT2D eigenvalue weighted by molar-refractivity contribution is 0.590. The van der Waals surface area contributed by atoms with Crippen LogP contribution >= 0.6 is 0 Å². The molecular weight excluding hydrogens is 276 g/mol. The summed E-state index contributed by atoms with van der Waals surface area (Å²) in [6, 6.07) is 16.4. The minimum Gasteiger partial charge on any atom is -0.0581 e. The summed E-state index contributed by atoms with van der Waals surface area (Å²) in [5, 5.41) is 0. The number of aryl methyl sites for hydroxylation is 1. The van der Waals surface area contributed by atoms with E-state index in [2.05, 4.69) is 75.4 Å². The lowest BCUT2D eigenvalue weighted by Gasteiger charge is -2.18. The molecule has 0 aliphatic carbocycles. The summed E-state index contributed by atoms with van der Waals surface area (Å²) in [5.74, 6) is 17.3. The summed E-state index contributed by atoms with van der Waals surface area (Å²) in [5.41, 5.74) is 4.63. The molecule has 2 aromatic rings. The van der Waals surface area contributed by atoms with Crippen LogP contribution in [0.5, 0.6) is 0 Å². The number of hydrogen-bond acceptors (Lipinski definition) is 0. The molecule has 112 valence electrons. The van der Waals surface area contributed by atoms with E-state index in [9.17, 15) is 0 Å². The van der Waals surface area contributed by atoms with E-state index in [0.29, 0.717) is 0 Å². The van der Waals surface area contributed by atoms with Gasteiger partial charge in [-0.2, -0.15) is 0 Å². The Labute approximate surface area is 140 Å². The van der Waals surface area contributed by atoms with Gasteiger partial charge in [0.05, 0.1) is 0 Å². The zero-order valence-electron chi connectivity index (χ0n) is 14.1. The molecule has 0 saturated heterocycles. The third kappa shape index (κ3) is 5.43. The van der Waals surface area contributed by atoms with Crippen molar-refractivity contribution in [1.29, 1.82) is 0 Å². The highest BCUT2D eigenvalue weighted by Crippen LogP contribution is 2.21. The first-order chi connectivity index (χ1) is 10.9. The monoisotopic (exact) mass is 296 g/mol. The fraction of sp³-hybridized carbons (Fsp3) is 0.217. The Bertz CT molecular complexity index is 838. The van der Waals surface area contributed by atoms with Crippen molar-refractivity contribution in [1.82, 2.24) is 0 Å². The fourth-order valence-corrected chi connectivity index (χ4v) is 1.96. The van der Waals surface area contributed by atoms with Gasteiger partial charge in [-0.1, -0.05) is 62.4 Å². The molecule has 0 nitrogen and oxygen atoms in total. The van der Waals surface area contributed by atoms with Crippen molar-refractivity contribution in [3.05, 3.63) is 70.8 Å². The minimum atomic E-state index is 0.164. The van der Waals surface area contributed by atoms with Crippen molar-refractivity contribution in [2.24, 2.45) is 0 Å². The first-order valence-electron chi connectivity index (χ1n) is 7.64. The van der Waals surface area contributed by atoms with Crippen LogP contribution in [0.3, 0.4) is 0 Å². The van der Waals surface area contributed by atoms with Gasteiger partial charge < -0.3 is 0 Å². The van der Waals surface area contributed by atoms with Crippen LogP contribution in [-0.2, 0) is 5.41 Å². The first kappa shape index (κ1) is 16.5. The molecule has 0 heteroatoms. The molecule has 0 aliphatic heterocycles. The van der Waals surface area contributed by atoms with Crippen molar-refractivity contribution in [2.75, 3.05) is 0 Å². The van der Waals surface area contributed by atoms with E-state index in [1.807, 2.05) is 36.4 Å². The Hall–Kier alpha value is -2.88. The highest BCUT2D eigenvalue weighted by atomic mass is 14.2. The van der Waals surface area contributed by atoms with Crippen LogP contribution in [0.1, 0.15) is 43.0 Å². The van der Waals surface area contributed by atoms with Gasteiger partial charge in [-0.05, 0) is 65.8 Å². The second kappa shape index (κ2) is 7.40. The molecule has 0 aromatic heterocycles. The Morgan fingerprint density at radius 3 is 1.48 bits per heavy atom.